The van der Waals surface area contributed by atoms with E-state index in [1.54, 1.807) is 19.5 Å². The van der Waals surface area contributed by atoms with Crippen LogP contribution in [-0.4, -0.2) is 54.1 Å². The van der Waals surface area contributed by atoms with Gasteiger partial charge in [-0.25, -0.2) is 4.98 Å². The van der Waals surface area contributed by atoms with Crippen molar-refractivity contribution in [1.82, 2.24) is 14.9 Å². The molecular weight excluding hydrogens is 364 g/mol. The first kappa shape index (κ1) is 18.9. The molecule has 0 aliphatic carbocycles. The summed E-state index contributed by atoms with van der Waals surface area (Å²) in [6.07, 6.45) is 5.25. The van der Waals surface area contributed by atoms with Crippen LogP contribution < -0.4 is 9.64 Å². The van der Waals surface area contributed by atoms with Crippen LogP contribution >= 0.6 is 0 Å². The average Bonchev–Trinajstić information content (AvgIpc) is 2.79. The number of piperazine rings is 1. The lowest BCUT2D eigenvalue weighted by Gasteiger charge is -2.36. The number of carbonyl (C=O) groups is 1. The van der Waals surface area contributed by atoms with Crippen molar-refractivity contribution < 1.29 is 9.53 Å². The van der Waals surface area contributed by atoms with Crippen molar-refractivity contribution >= 4 is 11.7 Å². The van der Waals surface area contributed by atoms with E-state index in [-0.39, 0.29) is 5.91 Å². The van der Waals surface area contributed by atoms with E-state index in [9.17, 15) is 4.79 Å². The van der Waals surface area contributed by atoms with E-state index < -0.39 is 0 Å². The summed E-state index contributed by atoms with van der Waals surface area (Å²) in [5, 5.41) is 0. The summed E-state index contributed by atoms with van der Waals surface area (Å²) in [6.45, 7) is 5.02. The Labute approximate surface area is 170 Å². The maximum Gasteiger partial charge on any atom is 0.253 e. The molecule has 3 aromatic rings. The lowest BCUT2D eigenvalue weighted by molar-refractivity contribution is 0.0746. The monoisotopic (exact) mass is 388 g/mol. The Bertz CT molecular complexity index is 996. The van der Waals surface area contributed by atoms with Crippen molar-refractivity contribution in [2.75, 3.05) is 38.2 Å². The minimum absolute atomic E-state index is 0.0654. The van der Waals surface area contributed by atoms with Gasteiger partial charge in [0.1, 0.15) is 11.6 Å². The topological polar surface area (TPSA) is 58.6 Å². The van der Waals surface area contributed by atoms with Crippen LogP contribution in [0.3, 0.4) is 0 Å². The Balaban J connectivity index is 1.43. The fourth-order valence-electron chi connectivity index (χ4n) is 3.69. The summed E-state index contributed by atoms with van der Waals surface area (Å²) < 4.78 is 5.38. The third-order valence-electron chi connectivity index (χ3n) is 5.30. The SMILES string of the molecule is COc1cnccc1-c1ccc(C(=O)N2CCN(c3ncccc3C)CC2)cc1. The molecule has 1 aliphatic rings. The Hall–Kier alpha value is -3.41. The van der Waals surface area contributed by atoms with Crippen molar-refractivity contribution in [2.24, 2.45) is 0 Å². The molecular formula is C23H24N4O2. The van der Waals surface area contributed by atoms with E-state index in [1.165, 1.54) is 0 Å². The van der Waals surface area contributed by atoms with Gasteiger partial charge in [0.2, 0.25) is 0 Å². The van der Waals surface area contributed by atoms with Crippen LogP contribution in [0, 0.1) is 6.92 Å². The number of pyridine rings is 2. The van der Waals surface area contributed by atoms with Gasteiger partial charge in [0.05, 0.1) is 13.3 Å². The molecule has 0 unspecified atom stereocenters. The number of benzene rings is 1. The summed E-state index contributed by atoms with van der Waals surface area (Å²) in [5.74, 6) is 1.79. The van der Waals surface area contributed by atoms with Gasteiger partial charge in [-0.1, -0.05) is 18.2 Å². The zero-order valence-electron chi connectivity index (χ0n) is 16.7. The van der Waals surface area contributed by atoms with Crippen LogP contribution in [0.25, 0.3) is 11.1 Å². The molecule has 3 heterocycles. The number of hydrogen-bond donors (Lipinski definition) is 0. The largest absolute Gasteiger partial charge is 0.494 e. The van der Waals surface area contributed by atoms with Gasteiger partial charge in [-0.15, -0.1) is 0 Å². The predicted octanol–water partition coefficient (Wildman–Crippen LogP) is 3.42. The minimum atomic E-state index is 0.0654. The maximum atomic E-state index is 12.9. The fraction of sp³-hybridized carbons (Fsp3) is 0.261. The molecule has 0 radical (unpaired) electrons. The zero-order valence-corrected chi connectivity index (χ0v) is 16.7. The summed E-state index contributed by atoms with van der Waals surface area (Å²) in [4.78, 5) is 25.7. The molecule has 29 heavy (non-hydrogen) atoms. The zero-order chi connectivity index (χ0) is 20.2. The van der Waals surface area contributed by atoms with Crippen LogP contribution in [-0.2, 0) is 0 Å². The highest BCUT2D eigenvalue weighted by Crippen LogP contribution is 2.29. The number of ether oxygens (including phenoxy) is 1. The molecule has 6 nitrogen and oxygen atoms in total. The second-order valence-corrected chi connectivity index (χ2v) is 7.08. The molecule has 1 fully saturated rings. The van der Waals surface area contributed by atoms with Gasteiger partial charge in [0, 0.05) is 49.7 Å². The van der Waals surface area contributed by atoms with E-state index in [0.717, 1.165) is 35.6 Å². The first-order valence-electron chi connectivity index (χ1n) is 9.71. The third-order valence-corrected chi connectivity index (χ3v) is 5.30. The fourth-order valence-corrected chi connectivity index (χ4v) is 3.69. The number of aryl methyl sites for hydroxylation is 1. The third kappa shape index (κ3) is 3.92. The van der Waals surface area contributed by atoms with Crippen molar-refractivity contribution in [3.8, 4) is 16.9 Å². The number of nitrogens with zero attached hydrogens (tertiary/aromatic N) is 4. The molecule has 0 bridgehead atoms. The molecule has 1 amide bonds. The predicted molar refractivity (Wildman–Crippen MR) is 113 cm³/mol. The minimum Gasteiger partial charge on any atom is -0.494 e. The number of methoxy groups -OCH3 is 1. The lowest BCUT2D eigenvalue weighted by Crippen LogP contribution is -2.49. The highest BCUT2D eigenvalue weighted by Gasteiger charge is 2.23. The van der Waals surface area contributed by atoms with Crippen LogP contribution in [0.1, 0.15) is 15.9 Å². The van der Waals surface area contributed by atoms with Gasteiger partial charge in [0.15, 0.2) is 0 Å². The number of amides is 1. The van der Waals surface area contributed by atoms with E-state index >= 15 is 0 Å². The molecule has 0 spiro atoms. The lowest BCUT2D eigenvalue weighted by atomic mass is 10.0. The van der Waals surface area contributed by atoms with Gasteiger partial charge < -0.3 is 14.5 Å². The molecule has 0 N–H and O–H groups in total. The number of rotatable bonds is 4. The van der Waals surface area contributed by atoms with E-state index in [4.69, 9.17) is 4.74 Å². The number of hydrogen-bond acceptors (Lipinski definition) is 5. The average molecular weight is 388 g/mol. The number of anilines is 1. The number of aromatic nitrogens is 2. The van der Waals surface area contributed by atoms with Gasteiger partial charge in [-0.2, -0.15) is 0 Å². The number of carbonyl (C=O) groups excluding carboxylic acids is 1. The summed E-state index contributed by atoms with van der Waals surface area (Å²) in [5.41, 5.74) is 3.82. The van der Waals surface area contributed by atoms with Gasteiger partial charge >= 0.3 is 0 Å². The van der Waals surface area contributed by atoms with Crippen LogP contribution in [0.2, 0.25) is 0 Å². The molecule has 148 valence electrons. The van der Waals surface area contributed by atoms with Gasteiger partial charge in [0.25, 0.3) is 5.91 Å². The van der Waals surface area contributed by atoms with Crippen molar-refractivity contribution in [3.05, 3.63) is 72.2 Å². The molecule has 1 aromatic carbocycles. The second kappa shape index (κ2) is 8.31. The first-order chi connectivity index (χ1) is 14.2. The molecule has 0 atom stereocenters. The first-order valence-corrected chi connectivity index (χ1v) is 9.71. The van der Waals surface area contributed by atoms with Gasteiger partial charge in [-0.05, 0) is 42.3 Å². The highest BCUT2D eigenvalue weighted by atomic mass is 16.5. The second-order valence-electron chi connectivity index (χ2n) is 7.08. The Morgan fingerprint density at radius 3 is 2.45 bits per heavy atom. The Morgan fingerprint density at radius 2 is 1.76 bits per heavy atom. The van der Waals surface area contributed by atoms with Crippen LogP contribution in [0.5, 0.6) is 5.75 Å². The van der Waals surface area contributed by atoms with Crippen molar-refractivity contribution in [1.29, 1.82) is 0 Å². The van der Waals surface area contributed by atoms with E-state index in [2.05, 4.69) is 27.9 Å². The molecule has 2 aromatic heterocycles. The summed E-state index contributed by atoms with van der Waals surface area (Å²) in [7, 11) is 1.63. The van der Waals surface area contributed by atoms with Crippen molar-refractivity contribution in [2.45, 2.75) is 6.92 Å². The Morgan fingerprint density at radius 1 is 1.00 bits per heavy atom. The van der Waals surface area contributed by atoms with E-state index in [1.807, 2.05) is 47.5 Å². The summed E-state index contributed by atoms with van der Waals surface area (Å²) >= 11 is 0. The van der Waals surface area contributed by atoms with Crippen LogP contribution in [0.15, 0.2) is 61.1 Å². The highest BCUT2D eigenvalue weighted by molar-refractivity contribution is 5.95. The van der Waals surface area contributed by atoms with E-state index in [0.29, 0.717) is 24.4 Å². The molecule has 1 saturated heterocycles. The Kier molecular flexibility index (Phi) is 5.42. The normalized spacial score (nSPS) is 14.0. The maximum absolute atomic E-state index is 12.9. The molecule has 1 aliphatic heterocycles. The summed E-state index contributed by atoms with van der Waals surface area (Å²) in [6, 6.07) is 13.6. The molecule has 4 rings (SSSR count). The quantitative estimate of drug-likeness (QED) is 0.685. The molecule has 6 heteroatoms. The van der Waals surface area contributed by atoms with Gasteiger partial charge in [-0.3, -0.25) is 9.78 Å². The van der Waals surface area contributed by atoms with Crippen LogP contribution in [0.4, 0.5) is 5.82 Å². The van der Waals surface area contributed by atoms with Crippen molar-refractivity contribution in [3.63, 3.8) is 0 Å². The standard InChI is InChI=1S/C23H24N4O2/c1-17-4-3-10-25-22(17)26-12-14-27(15-13-26)23(28)19-7-5-18(6-8-19)20-9-11-24-16-21(20)29-2/h3-11,16H,12-15H2,1-2H3. The molecule has 0 saturated carbocycles. The smallest absolute Gasteiger partial charge is 0.253 e.